The molecule has 0 aliphatic heterocycles. The standard InChI is InChI=1S/C17H19F3N2O4S2/c1-28(24,25)22(14-6-4-13(5-7-14)17(18,19)20)11-16(23)21-8-10-27-12-15-3-2-9-26-15/h2-7,9H,8,10-12H2,1H3,(H,21,23). The first-order valence-corrected chi connectivity index (χ1v) is 11.1. The molecule has 1 N–H and O–H groups in total. The molecule has 1 heterocycles. The van der Waals surface area contributed by atoms with Gasteiger partial charge in [-0.1, -0.05) is 0 Å². The lowest BCUT2D eigenvalue weighted by atomic mass is 10.2. The molecule has 0 radical (unpaired) electrons. The third kappa shape index (κ3) is 6.79. The van der Waals surface area contributed by atoms with Crippen molar-refractivity contribution < 1.29 is 30.8 Å². The van der Waals surface area contributed by atoms with Gasteiger partial charge in [0.25, 0.3) is 0 Å². The van der Waals surface area contributed by atoms with E-state index >= 15 is 0 Å². The average molecular weight is 436 g/mol. The van der Waals surface area contributed by atoms with E-state index in [4.69, 9.17) is 4.42 Å². The predicted molar refractivity (Wildman–Crippen MR) is 102 cm³/mol. The molecule has 0 atom stereocenters. The molecule has 0 saturated heterocycles. The van der Waals surface area contributed by atoms with Crippen molar-refractivity contribution in [2.24, 2.45) is 0 Å². The lowest BCUT2D eigenvalue weighted by molar-refractivity contribution is -0.137. The first-order chi connectivity index (χ1) is 13.1. The van der Waals surface area contributed by atoms with Gasteiger partial charge in [-0.05, 0) is 36.4 Å². The number of benzene rings is 1. The Morgan fingerprint density at radius 1 is 1.21 bits per heavy atom. The number of rotatable bonds is 9. The number of hydrogen-bond donors (Lipinski definition) is 1. The average Bonchev–Trinajstić information content (AvgIpc) is 3.11. The fraction of sp³-hybridized carbons (Fsp3) is 0.353. The maximum absolute atomic E-state index is 12.7. The number of carbonyl (C=O) groups excluding carboxylic acids is 1. The second-order valence-electron chi connectivity index (χ2n) is 5.80. The van der Waals surface area contributed by atoms with Gasteiger partial charge in [-0.2, -0.15) is 24.9 Å². The maximum atomic E-state index is 12.7. The van der Waals surface area contributed by atoms with Crippen molar-refractivity contribution in [2.75, 3.05) is 29.4 Å². The minimum Gasteiger partial charge on any atom is -0.468 e. The molecule has 2 aromatic rings. The second-order valence-corrected chi connectivity index (χ2v) is 8.81. The third-order valence-electron chi connectivity index (χ3n) is 3.56. The van der Waals surface area contributed by atoms with E-state index in [1.165, 1.54) is 11.8 Å². The van der Waals surface area contributed by atoms with Crippen molar-refractivity contribution in [1.29, 1.82) is 0 Å². The molecule has 154 valence electrons. The highest BCUT2D eigenvalue weighted by Crippen LogP contribution is 2.30. The number of nitrogens with zero attached hydrogens (tertiary/aromatic N) is 1. The molecule has 0 saturated carbocycles. The van der Waals surface area contributed by atoms with Gasteiger partial charge in [0, 0.05) is 12.3 Å². The van der Waals surface area contributed by atoms with Crippen molar-refractivity contribution in [2.45, 2.75) is 11.9 Å². The lowest BCUT2D eigenvalue weighted by Gasteiger charge is -2.22. The predicted octanol–water partition coefficient (Wildman–Crippen LogP) is 3.11. The first kappa shape index (κ1) is 22.2. The van der Waals surface area contributed by atoms with E-state index in [0.29, 0.717) is 18.1 Å². The van der Waals surface area contributed by atoms with Crippen molar-refractivity contribution in [3.05, 3.63) is 54.0 Å². The molecule has 0 bridgehead atoms. The van der Waals surface area contributed by atoms with Gasteiger partial charge in [0.1, 0.15) is 12.3 Å². The summed E-state index contributed by atoms with van der Waals surface area (Å²) in [7, 11) is -3.85. The number of anilines is 1. The molecule has 0 fully saturated rings. The van der Waals surface area contributed by atoms with Gasteiger partial charge in [-0.25, -0.2) is 8.42 Å². The molecule has 0 spiro atoms. The summed E-state index contributed by atoms with van der Waals surface area (Å²) in [4.78, 5) is 12.1. The summed E-state index contributed by atoms with van der Waals surface area (Å²) in [6.07, 6.45) is -2.07. The van der Waals surface area contributed by atoms with E-state index in [1.54, 1.807) is 12.3 Å². The van der Waals surface area contributed by atoms with Crippen LogP contribution in [0.1, 0.15) is 11.3 Å². The topological polar surface area (TPSA) is 79.6 Å². The van der Waals surface area contributed by atoms with Crippen molar-refractivity contribution >= 4 is 33.4 Å². The molecule has 1 aromatic heterocycles. The fourth-order valence-corrected chi connectivity index (χ4v) is 3.85. The van der Waals surface area contributed by atoms with E-state index in [0.717, 1.165) is 40.6 Å². The third-order valence-corrected chi connectivity index (χ3v) is 5.69. The number of furan rings is 1. The Morgan fingerprint density at radius 2 is 1.89 bits per heavy atom. The zero-order chi connectivity index (χ0) is 20.8. The van der Waals surface area contributed by atoms with Crippen LogP contribution in [0, 0.1) is 0 Å². The van der Waals surface area contributed by atoms with Crippen LogP contribution in [0.3, 0.4) is 0 Å². The minimum atomic E-state index is -4.53. The van der Waals surface area contributed by atoms with Gasteiger partial charge in [-0.3, -0.25) is 9.10 Å². The van der Waals surface area contributed by atoms with Crippen LogP contribution < -0.4 is 9.62 Å². The number of thioether (sulfide) groups is 1. The molecule has 11 heteroatoms. The van der Waals surface area contributed by atoms with E-state index in [-0.39, 0.29) is 5.69 Å². The summed E-state index contributed by atoms with van der Waals surface area (Å²) < 4.78 is 67.8. The molecule has 2 rings (SSSR count). The SMILES string of the molecule is CS(=O)(=O)N(CC(=O)NCCSCc1ccco1)c1ccc(C(F)(F)F)cc1. The number of amides is 1. The van der Waals surface area contributed by atoms with Crippen LogP contribution >= 0.6 is 11.8 Å². The van der Waals surface area contributed by atoms with E-state index < -0.39 is 34.2 Å². The molecular weight excluding hydrogens is 417 g/mol. The van der Waals surface area contributed by atoms with Gasteiger partial charge in [-0.15, -0.1) is 0 Å². The van der Waals surface area contributed by atoms with Crippen LogP contribution in [-0.2, 0) is 26.7 Å². The van der Waals surface area contributed by atoms with Crippen LogP contribution in [0.25, 0.3) is 0 Å². The Balaban J connectivity index is 1.90. The van der Waals surface area contributed by atoms with Crippen molar-refractivity contribution in [3.63, 3.8) is 0 Å². The van der Waals surface area contributed by atoms with Crippen LogP contribution in [0.2, 0.25) is 0 Å². The van der Waals surface area contributed by atoms with Gasteiger partial charge < -0.3 is 9.73 Å². The largest absolute Gasteiger partial charge is 0.468 e. The molecule has 28 heavy (non-hydrogen) atoms. The van der Waals surface area contributed by atoms with Gasteiger partial charge >= 0.3 is 6.18 Å². The number of nitrogens with one attached hydrogen (secondary N) is 1. The van der Waals surface area contributed by atoms with E-state index in [1.807, 2.05) is 6.07 Å². The molecule has 1 amide bonds. The van der Waals surface area contributed by atoms with Crippen molar-refractivity contribution in [1.82, 2.24) is 5.32 Å². The number of carbonyl (C=O) groups is 1. The number of halogens is 3. The van der Waals surface area contributed by atoms with Crippen LogP contribution in [0.5, 0.6) is 0 Å². The van der Waals surface area contributed by atoms with Gasteiger partial charge in [0.15, 0.2) is 0 Å². The Bertz CT molecular complexity index is 867. The Hall–Kier alpha value is -2.14. The molecule has 0 aliphatic carbocycles. The number of alkyl halides is 3. The highest BCUT2D eigenvalue weighted by molar-refractivity contribution is 7.98. The Morgan fingerprint density at radius 3 is 2.43 bits per heavy atom. The summed E-state index contributed by atoms with van der Waals surface area (Å²) in [6, 6.07) is 7.21. The summed E-state index contributed by atoms with van der Waals surface area (Å²) >= 11 is 1.53. The fourth-order valence-electron chi connectivity index (χ4n) is 2.23. The minimum absolute atomic E-state index is 0.0159. The van der Waals surface area contributed by atoms with E-state index in [9.17, 15) is 26.4 Å². The smallest absolute Gasteiger partial charge is 0.416 e. The summed E-state index contributed by atoms with van der Waals surface area (Å²) in [5.74, 6) is 1.49. The molecule has 0 unspecified atom stereocenters. The second kappa shape index (κ2) is 9.37. The van der Waals surface area contributed by atoms with Gasteiger partial charge in [0.05, 0.1) is 29.5 Å². The molecule has 1 aromatic carbocycles. The maximum Gasteiger partial charge on any atom is 0.416 e. The summed E-state index contributed by atoms with van der Waals surface area (Å²) in [5.41, 5.74) is -0.916. The van der Waals surface area contributed by atoms with E-state index in [2.05, 4.69) is 5.32 Å². The lowest BCUT2D eigenvalue weighted by Crippen LogP contribution is -2.41. The number of hydrogen-bond acceptors (Lipinski definition) is 5. The molecular formula is C17H19F3N2O4S2. The van der Waals surface area contributed by atoms with Gasteiger partial charge in [0.2, 0.25) is 15.9 Å². The summed E-state index contributed by atoms with van der Waals surface area (Å²) in [5, 5.41) is 2.59. The highest BCUT2D eigenvalue weighted by Gasteiger charge is 2.30. The van der Waals surface area contributed by atoms with Crippen LogP contribution in [0.15, 0.2) is 47.1 Å². The first-order valence-electron chi connectivity index (χ1n) is 8.09. The zero-order valence-corrected chi connectivity index (χ0v) is 16.5. The number of sulfonamides is 1. The van der Waals surface area contributed by atoms with Crippen LogP contribution in [0.4, 0.5) is 18.9 Å². The normalized spacial score (nSPS) is 12.0. The quantitative estimate of drug-likeness (QED) is 0.611. The summed E-state index contributed by atoms with van der Waals surface area (Å²) in [6.45, 7) is -0.206. The van der Waals surface area contributed by atoms with Crippen LogP contribution in [-0.4, -0.2) is 39.4 Å². The van der Waals surface area contributed by atoms with Crippen molar-refractivity contribution in [3.8, 4) is 0 Å². The highest BCUT2D eigenvalue weighted by atomic mass is 32.2. The zero-order valence-electron chi connectivity index (χ0n) is 14.9. The molecule has 6 nitrogen and oxygen atoms in total. The Kier molecular flexibility index (Phi) is 7.41. The molecule has 0 aliphatic rings. The monoisotopic (exact) mass is 436 g/mol. The Labute approximate surface area is 165 Å².